The summed E-state index contributed by atoms with van der Waals surface area (Å²) in [5.41, 5.74) is 0.257. The average molecular weight is 161 g/mol. The predicted octanol–water partition coefficient (Wildman–Crippen LogP) is 1.72. The maximum atomic E-state index is 5.30. The normalized spacial score (nSPS) is 23.1. The lowest BCUT2D eigenvalue weighted by atomic mass is 10.1. The van der Waals surface area contributed by atoms with E-state index in [1.54, 1.807) is 0 Å². The van der Waals surface area contributed by atoms with Gasteiger partial charge in [0.15, 0.2) is 0 Å². The van der Waals surface area contributed by atoms with Crippen molar-refractivity contribution in [3.63, 3.8) is 0 Å². The first-order valence-electron chi connectivity index (χ1n) is 3.51. The second-order valence-electron chi connectivity index (χ2n) is 3.49. The molecule has 1 fully saturated rings. The van der Waals surface area contributed by atoms with Crippen molar-refractivity contribution in [1.29, 1.82) is 0 Å². The smallest absolute Gasteiger partial charge is 0.101 e. The third kappa shape index (κ3) is 2.15. The van der Waals surface area contributed by atoms with E-state index in [1.807, 2.05) is 11.8 Å². The van der Waals surface area contributed by atoms with Gasteiger partial charge in [0.2, 0.25) is 0 Å². The quantitative estimate of drug-likeness (QED) is 0.537. The zero-order valence-corrected chi connectivity index (χ0v) is 7.70. The number of nitrogens with zero attached hydrogens (tertiary/aromatic N) is 1. The van der Waals surface area contributed by atoms with E-state index in [-0.39, 0.29) is 5.54 Å². The van der Waals surface area contributed by atoms with Gasteiger partial charge in [-0.3, -0.25) is 4.90 Å². The second-order valence-corrected chi connectivity index (χ2v) is 4.40. The molecule has 60 valence electrons. The summed E-state index contributed by atoms with van der Waals surface area (Å²) >= 11 is 1.83. The van der Waals surface area contributed by atoms with Gasteiger partial charge in [0.1, 0.15) is 6.73 Å². The minimum atomic E-state index is 0.257. The molecule has 10 heavy (non-hydrogen) atoms. The van der Waals surface area contributed by atoms with Crippen LogP contribution in [0, 0.1) is 0 Å². The van der Waals surface area contributed by atoms with Crippen LogP contribution in [-0.4, -0.2) is 29.0 Å². The van der Waals surface area contributed by atoms with Crippen molar-refractivity contribution in [2.75, 3.05) is 18.5 Å². The molecule has 1 rings (SSSR count). The van der Waals surface area contributed by atoms with E-state index in [1.165, 1.54) is 0 Å². The highest BCUT2D eigenvalue weighted by atomic mass is 32.2. The lowest BCUT2D eigenvalue weighted by molar-refractivity contribution is 0.00358. The highest BCUT2D eigenvalue weighted by Gasteiger charge is 2.22. The molecular weight excluding hydrogens is 146 g/mol. The molecule has 0 bridgehead atoms. The fourth-order valence-corrected chi connectivity index (χ4v) is 1.73. The minimum absolute atomic E-state index is 0.257. The summed E-state index contributed by atoms with van der Waals surface area (Å²) in [5.74, 6) is 1.95. The van der Waals surface area contributed by atoms with E-state index in [4.69, 9.17) is 4.74 Å². The molecule has 0 unspecified atom stereocenters. The van der Waals surface area contributed by atoms with Gasteiger partial charge in [0.25, 0.3) is 0 Å². The molecule has 0 N–H and O–H groups in total. The first-order chi connectivity index (χ1) is 4.61. The first kappa shape index (κ1) is 8.37. The van der Waals surface area contributed by atoms with Gasteiger partial charge >= 0.3 is 0 Å². The van der Waals surface area contributed by atoms with Crippen molar-refractivity contribution in [3.8, 4) is 0 Å². The summed E-state index contributed by atoms with van der Waals surface area (Å²) < 4.78 is 5.30. The molecule has 0 amide bonds. The van der Waals surface area contributed by atoms with E-state index in [0.29, 0.717) is 0 Å². The topological polar surface area (TPSA) is 12.5 Å². The molecule has 1 heterocycles. The van der Waals surface area contributed by atoms with E-state index < -0.39 is 0 Å². The molecule has 3 heteroatoms. The van der Waals surface area contributed by atoms with Gasteiger partial charge in [-0.15, -0.1) is 11.8 Å². The highest BCUT2D eigenvalue weighted by molar-refractivity contribution is 7.99. The maximum Gasteiger partial charge on any atom is 0.101 e. The van der Waals surface area contributed by atoms with Crippen LogP contribution in [0.3, 0.4) is 0 Å². The van der Waals surface area contributed by atoms with Crippen molar-refractivity contribution >= 4 is 11.8 Å². The lowest BCUT2D eigenvalue weighted by Gasteiger charge is -2.37. The molecule has 2 nitrogen and oxygen atoms in total. The number of hydrogen-bond donors (Lipinski definition) is 0. The Bertz CT molecular complexity index is 105. The average Bonchev–Trinajstić information content (AvgIpc) is 1.88. The standard InChI is InChI=1S/C7H15NOS/c1-7(2,3)8-4-9-6-10-5-8/h4-6H2,1-3H3. The van der Waals surface area contributed by atoms with E-state index in [0.717, 1.165) is 18.5 Å². The van der Waals surface area contributed by atoms with Gasteiger partial charge in [-0.2, -0.15) is 0 Å². The Kier molecular flexibility index (Phi) is 2.61. The Morgan fingerprint density at radius 2 is 2.10 bits per heavy atom. The number of hydrogen-bond acceptors (Lipinski definition) is 3. The molecule has 0 radical (unpaired) electrons. The van der Waals surface area contributed by atoms with Crippen molar-refractivity contribution in [2.45, 2.75) is 26.3 Å². The van der Waals surface area contributed by atoms with Crippen molar-refractivity contribution in [1.82, 2.24) is 4.90 Å². The van der Waals surface area contributed by atoms with Crippen LogP contribution in [0.5, 0.6) is 0 Å². The highest BCUT2D eigenvalue weighted by Crippen LogP contribution is 2.20. The fourth-order valence-electron chi connectivity index (χ4n) is 0.778. The van der Waals surface area contributed by atoms with Gasteiger partial charge in [-0.05, 0) is 20.8 Å². The second kappa shape index (κ2) is 3.11. The number of thioether (sulfide) groups is 1. The summed E-state index contributed by atoms with van der Waals surface area (Å²) in [6.45, 7) is 7.42. The van der Waals surface area contributed by atoms with Crippen LogP contribution in [-0.2, 0) is 4.74 Å². The Morgan fingerprint density at radius 3 is 2.40 bits per heavy atom. The van der Waals surface area contributed by atoms with Crippen LogP contribution in [0.1, 0.15) is 20.8 Å². The van der Waals surface area contributed by atoms with E-state index in [9.17, 15) is 0 Å². The molecule has 1 aliphatic rings. The third-order valence-electron chi connectivity index (χ3n) is 1.61. The molecule has 0 aromatic carbocycles. The maximum absolute atomic E-state index is 5.30. The van der Waals surface area contributed by atoms with Crippen molar-refractivity contribution in [2.24, 2.45) is 0 Å². The van der Waals surface area contributed by atoms with Crippen LogP contribution in [0.2, 0.25) is 0 Å². The zero-order valence-electron chi connectivity index (χ0n) is 6.89. The van der Waals surface area contributed by atoms with Gasteiger partial charge in [-0.1, -0.05) is 0 Å². The molecular formula is C7H15NOS. The molecule has 0 atom stereocenters. The summed E-state index contributed by atoms with van der Waals surface area (Å²) in [7, 11) is 0. The van der Waals surface area contributed by atoms with Gasteiger partial charge in [0.05, 0.1) is 5.94 Å². The predicted molar refractivity (Wildman–Crippen MR) is 44.9 cm³/mol. The molecule has 0 saturated carbocycles. The van der Waals surface area contributed by atoms with Gasteiger partial charge in [0, 0.05) is 11.4 Å². The molecule has 0 aliphatic carbocycles. The largest absolute Gasteiger partial charge is 0.355 e. The van der Waals surface area contributed by atoms with E-state index in [2.05, 4.69) is 25.7 Å². The molecule has 0 aromatic heterocycles. The molecule has 1 aliphatic heterocycles. The van der Waals surface area contributed by atoms with Crippen LogP contribution >= 0.6 is 11.8 Å². The van der Waals surface area contributed by atoms with E-state index >= 15 is 0 Å². The van der Waals surface area contributed by atoms with Crippen molar-refractivity contribution in [3.05, 3.63) is 0 Å². The Morgan fingerprint density at radius 1 is 1.40 bits per heavy atom. The Labute approximate surface area is 66.9 Å². The summed E-state index contributed by atoms with van der Waals surface area (Å²) in [6, 6.07) is 0. The summed E-state index contributed by atoms with van der Waals surface area (Å²) in [6.07, 6.45) is 0. The Hall–Kier alpha value is 0.270. The van der Waals surface area contributed by atoms with Crippen molar-refractivity contribution < 1.29 is 4.74 Å². The summed E-state index contributed by atoms with van der Waals surface area (Å²) in [4.78, 5) is 2.32. The molecule has 0 spiro atoms. The fraction of sp³-hybridized carbons (Fsp3) is 1.00. The SMILES string of the molecule is CC(C)(C)N1COCSC1. The third-order valence-corrected chi connectivity index (χ3v) is 2.44. The molecule has 1 saturated heterocycles. The monoisotopic (exact) mass is 161 g/mol. The first-order valence-corrected chi connectivity index (χ1v) is 4.67. The van der Waals surface area contributed by atoms with Gasteiger partial charge < -0.3 is 4.74 Å². The molecule has 0 aromatic rings. The summed E-state index contributed by atoms with van der Waals surface area (Å²) in [5, 5.41) is 0. The van der Waals surface area contributed by atoms with Crippen LogP contribution in [0.15, 0.2) is 0 Å². The van der Waals surface area contributed by atoms with Crippen LogP contribution in [0.25, 0.3) is 0 Å². The number of ether oxygens (including phenoxy) is 1. The lowest BCUT2D eigenvalue weighted by Crippen LogP contribution is -2.44. The van der Waals surface area contributed by atoms with Crippen LogP contribution < -0.4 is 0 Å². The van der Waals surface area contributed by atoms with Crippen LogP contribution in [0.4, 0.5) is 0 Å². The Balaban J connectivity index is 2.39. The van der Waals surface area contributed by atoms with Gasteiger partial charge in [-0.25, -0.2) is 0 Å². The zero-order chi connectivity index (χ0) is 7.61. The number of rotatable bonds is 0. The minimum Gasteiger partial charge on any atom is -0.355 e.